The van der Waals surface area contributed by atoms with Crippen molar-refractivity contribution in [2.24, 2.45) is 0 Å². The first-order valence-electron chi connectivity index (χ1n) is 9.91. The van der Waals surface area contributed by atoms with Gasteiger partial charge in [0.05, 0.1) is 33.1 Å². The van der Waals surface area contributed by atoms with Crippen LogP contribution in [0, 0.1) is 25.5 Å². The highest BCUT2D eigenvalue weighted by Gasteiger charge is 2.18. The molecule has 1 amide bonds. The Morgan fingerprint density at radius 3 is 2.61 bits per heavy atom. The molecule has 0 spiro atoms. The minimum absolute atomic E-state index is 0.103. The molecule has 0 saturated heterocycles. The van der Waals surface area contributed by atoms with Gasteiger partial charge in [-0.25, -0.2) is 13.8 Å². The van der Waals surface area contributed by atoms with E-state index in [0.29, 0.717) is 22.3 Å². The number of hydrogen-bond acceptors (Lipinski definition) is 4. The minimum atomic E-state index is -0.914. The van der Waals surface area contributed by atoms with Crippen molar-refractivity contribution in [2.75, 3.05) is 11.1 Å². The van der Waals surface area contributed by atoms with Gasteiger partial charge < -0.3 is 5.32 Å². The summed E-state index contributed by atoms with van der Waals surface area (Å²) in [4.78, 5) is 30.3. The molecular weight excluding hydrogens is 468 g/mol. The third-order valence-corrected chi connectivity index (χ3v) is 6.16. The lowest BCUT2D eigenvalue weighted by Gasteiger charge is -2.15. The summed E-state index contributed by atoms with van der Waals surface area (Å²) in [6.45, 7) is 3.74. The molecular formula is C24H18ClF2N3O2S. The van der Waals surface area contributed by atoms with Gasteiger partial charge in [-0.1, -0.05) is 41.6 Å². The van der Waals surface area contributed by atoms with Gasteiger partial charge >= 0.3 is 0 Å². The van der Waals surface area contributed by atoms with Crippen LogP contribution in [-0.4, -0.2) is 21.2 Å². The molecule has 168 valence electrons. The van der Waals surface area contributed by atoms with E-state index in [1.165, 1.54) is 6.07 Å². The molecule has 0 aliphatic heterocycles. The molecule has 1 aromatic heterocycles. The van der Waals surface area contributed by atoms with Crippen LogP contribution in [0.3, 0.4) is 0 Å². The van der Waals surface area contributed by atoms with E-state index in [-0.39, 0.29) is 27.9 Å². The SMILES string of the molecule is Cc1cc(C)c(NC(=O)CSc2nc3ccccc3c(=O)n2-c2ccc(F)cc2F)c(Cl)c1. The van der Waals surface area contributed by atoms with Gasteiger partial charge in [-0.15, -0.1) is 0 Å². The van der Waals surface area contributed by atoms with E-state index in [9.17, 15) is 18.4 Å². The Hall–Kier alpha value is -3.23. The smallest absolute Gasteiger partial charge is 0.266 e. The molecule has 0 unspecified atom stereocenters. The number of carbonyl (C=O) groups is 1. The van der Waals surface area contributed by atoms with Crippen molar-refractivity contribution >= 4 is 45.9 Å². The van der Waals surface area contributed by atoms with E-state index in [1.54, 1.807) is 30.3 Å². The minimum Gasteiger partial charge on any atom is -0.324 e. The number of para-hydroxylation sites is 1. The van der Waals surface area contributed by atoms with Crippen LogP contribution >= 0.6 is 23.4 Å². The molecule has 4 aromatic rings. The number of aryl methyl sites for hydroxylation is 2. The average Bonchev–Trinajstić information content (AvgIpc) is 2.76. The Balaban J connectivity index is 1.70. The summed E-state index contributed by atoms with van der Waals surface area (Å²) in [7, 11) is 0. The zero-order valence-corrected chi connectivity index (χ0v) is 19.2. The van der Waals surface area contributed by atoms with Crippen molar-refractivity contribution in [3.8, 4) is 5.69 Å². The summed E-state index contributed by atoms with van der Waals surface area (Å²) < 4.78 is 29.1. The lowest BCUT2D eigenvalue weighted by Crippen LogP contribution is -2.24. The maximum Gasteiger partial charge on any atom is 0.266 e. The van der Waals surface area contributed by atoms with E-state index in [1.807, 2.05) is 19.9 Å². The summed E-state index contributed by atoms with van der Waals surface area (Å²) in [5.74, 6) is -2.17. The Morgan fingerprint density at radius 1 is 1.12 bits per heavy atom. The fraction of sp³-hybridized carbons (Fsp3) is 0.125. The predicted molar refractivity (Wildman–Crippen MR) is 128 cm³/mol. The van der Waals surface area contributed by atoms with Crippen LogP contribution in [-0.2, 0) is 4.79 Å². The summed E-state index contributed by atoms with van der Waals surface area (Å²) in [6, 6.07) is 13.2. The number of benzene rings is 3. The normalized spacial score (nSPS) is 11.1. The van der Waals surface area contributed by atoms with Crippen LogP contribution in [0.15, 0.2) is 64.5 Å². The van der Waals surface area contributed by atoms with Crippen LogP contribution in [0.5, 0.6) is 0 Å². The first-order valence-corrected chi connectivity index (χ1v) is 11.3. The topological polar surface area (TPSA) is 64.0 Å². The molecule has 0 aliphatic rings. The van der Waals surface area contributed by atoms with Gasteiger partial charge in [-0.3, -0.25) is 14.2 Å². The van der Waals surface area contributed by atoms with E-state index in [0.717, 1.165) is 33.5 Å². The van der Waals surface area contributed by atoms with Crippen molar-refractivity contribution < 1.29 is 13.6 Å². The quantitative estimate of drug-likeness (QED) is 0.292. The number of halogens is 3. The number of aromatic nitrogens is 2. The Labute approximate surface area is 197 Å². The predicted octanol–water partition coefficient (Wildman–Crippen LogP) is 5.66. The standard InChI is InChI=1S/C24H18ClF2N3O2S/c1-13-9-14(2)22(17(25)10-13)29-21(31)12-33-24-28-19-6-4-3-5-16(19)23(32)30(24)20-8-7-15(26)11-18(20)27/h3-11H,12H2,1-2H3,(H,29,31). The lowest BCUT2D eigenvalue weighted by molar-refractivity contribution is -0.113. The highest BCUT2D eigenvalue weighted by atomic mass is 35.5. The number of nitrogens with one attached hydrogen (secondary N) is 1. The number of amides is 1. The summed E-state index contributed by atoms with van der Waals surface area (Å²) in [5, 5.41) is 3.57. The van der Waals surface area contributed by atoms with Crippen molar-refractivity contribution in [3.05, 3.63) is 92.7 Å². The van der Waals surface area contributed by atoms with Crippen LogP contribution in [0.2, 0.25) is 5.02 Å². The van der Waals surface area contributed by atoms with Crippen LogP contribution in [0.1, 0.15) is 11.1 Å². The number of nitrogens with zero attached hydrogens (tertiary/aromatic N) is 2. The van der Waals surface area contributed by atoms with Gasteiger partial charge in [0.25, 0.3) is 5.56 Å². The molecule has 3 aromatic carbocycles. The number of fused-ring (bicyclic) bond motifs is 1. The second kappa shape index (κ2) is 9.33. The molecule has 5 nitrogen and oxygen atoms in total. The van der Waals surface area contributed by atoms with E-state index >= 15 is 0 Å². The molecule has 0 radical (unpaired) electrons. The van der Waals surface area contributed by atoms with Gasteiger partial charge in [0, 0.05) is 6.07 Å². The monoisotopic (exact) mass is 485 g/mol. The third-order valence-electron chi connectivity index (χ3n) is 4.92. The van der Waals surface area contributed by atoms with Crippen molar-refractivity contribution in [1.29, 1.82) is 0 Å². The zero-order chi connectivity index (χ0) is 23.7. The molecule has 4 rings (SSSR count). The van der Waals surface area contributed by atoms with E-state index in [2.05, 4.69) is 10.3 Å². The van der Waals surface area contributed by atoms with Gasteiger partial charge in [-0.2, -0.15) is 0 Å². The third kappa shape index (κ3) is 4.77. The van der Waals surface area contributed by atoms with E-state index in [4.69, 9.17) is 11.6 Å². The first kappa shape index (κ1) is 22.9. The second-order valence-electron chi connectivity index (χ2n) is 7.42. The molecule has 0 aliphatic carbocycles. The summed E-state index contributed by atoms with van der Waals surface area (Å²) in [5.41, 5.74) is 2.01. The Bertz CT molecular complexity index is 1430. The van der Waals surface area contributed by atoms with Crippen molar-refractivity contribution in [2.45, 2.75) is 19.0 Å². The van der Waals surface area contributed by atoms with Gasteiger partial charge in [0.15, 0.2) is 5.16 Å². The van der Waals surface area contributed by atoms with Gasteiger partial charge in [0.1, 0.15) is 11.6 Å². The molecule has 0 saturated carbocycles. The number of rotatable bonds is 5. The Kier molecular flexibility index (Phi) is 6.49. The molecule has 0 atom stereocenters. The van der Waals surface area contributed by atoms with Gasteiger partial charge in [-0.05, 0) is 55.3 Å². The first-order chi connectivity index (χ1) is 15.7. The van der Waals surface area contributed by atoms with Gasteiger partial charge in [0.2, 0.25) is 5.91 Å². The summed E-state index contributed by atoms with van der Waals surface area (Å²) >= 11 is 7.23. The molecule has 33 heavy (non-hydrogen) atoms. The largest absolute Gasteiger partial charge is 0.324 e. The van der Waals surface area contributed by atoms with Crippen LogP contribution < -0.4 is 10.9 Å². The zero-order valence-electron chi connectivity index (χ0n) is 17.7. The molecule has 1 N–H and O–H groups in total. The lowest BCUT2D eigenvalue weighted by atomic mass is 10.1. The Morgan fingerprint density at radius 2 is 1.88 bits per heavy atom. The molecule has 0 fully saturated rings. The van der Waals surface area contributed by atoms with Crippen molar-refractivity contribution in [3.63, 3.8) is 0 Å². The number of thioether (sulfide) groups is 1. The maximum absolute atomic E-state index is 14.6. The highest BCUT2D eigenvalue weighted by molar-refractivity contribution is 7.99. The molecule has 1 heterocycles. The number of anilines is 1. The molecule has 0 bridgehead atoms. The fourth-order valence-electron chi connectivity index (χ4n) is 3.46. The average molecular weight is 486 g/mol. The summed E-state index contributed by atoms with van der Waals surface area (Å²) in [6.07, 6.45) is 0. The van der Waals surface area contributed by atoms with Crippen LogP contribution in [0.25, 0.3) is 16.6 Å². The van der Waals surface area contributed by atoms with Crippen molar-refractivity contribution in [1.82, 2.24) is 9.55 Å². The highest BCUT2D eigenvalue weighted by Crippen LogP contribution is 2.28. The van der Waals surface area contributed by atoms with E-state index < -0.39 is 17.2 Å². The number of carbonyl (C=O) groups excluding carboxylic acids is 1. The fourth-order valence-corrected chi connectivity index (χ4v) is 4.64. The second-order valence-corrected chi connectivity index (χ2v) is 8.77. The number of hydrogen-bond donors (Lipinski definition) is 1. The van der Waals surface area contributed by atoms with Crippen LogP contribution in [0.4, 0.5) is 14.5 Å². The maximum atomic E-state index is 14.6. The molecule has 9 heteroatoms.